The average molecular weight is 485 g/mol. The number of nitrogens with one attached hydrogen (secondary N) is 1. The average Bonchev–Trinajstić information content (AvgIpc) is 3.05. The van der Waals surface area contributed by atoms with E-state index in [0.717, 1.165) is 44.2 Å². The second-order valence-electron chi connectivity index (χ2n) is 8.01. The molecule has 2 aliphatic rings. The van der Waals surface area contributed by atoms with Crippen molar-refractivity contribution in [2.45, 2.75) is 16.0 Å². The largest absolute Gasteiger partial charge is 0.466 e. The van der Waals surface area contributed by atoms with Crippen molar-refractivity contribution < 1.29 is 19.0 Å². The number of carbonyl (C=O) groups excluding carboxylic acids is 1. The Kier molecular flexibility index (Phi) is 8.95. The highest BCUT2D eigenvalue weighted by Gasteiger charge is 2.25. The number of rotatable bonds is 9. The minimum absolute atomic E-state index is 0.326. The first-order valence-electron chi connectivity index (χ1n) is 11.6. The molecule has 0 bridgehead atoms. The summed E-state index contributed by atoms with van der Waals surface area (Å²) in [4.78, 5) is 23.8. The van der Waals surface area contributed by atoms with Crippen LogP contribution in [-0.2, 0) is 19.0 Å². The zero-order valence-corrected chi connectivity index (χ0v) is 20.6. The third-order valence-corrected chi connectivity index (χ3v) is 6.99. The number of aliphatic imine (C=N–C) groups is 1. The molecule has 4 rings (SSSR count). The molecule has 2 aliphatic heterocycles. The van der Waals surface area contributed by atoms with Crippen molar-refractivity contribution in [3.63, 3.8) is 0 Å². The molecule has 0 aromatic heterocycles. The maximum atomic E-state index is 11.5. The highest BCUT2D eigenvalue weighted by molar-refractivity contribution is 7.99. The van der Waals surface area contributed by atoms with Crippen LogP contribution in [0.1, 0.15) is 5.56 Å². The molecular weight excluding hydrogens is 452 g/mol. The highest BCUT2D eigenvalue weighted by atomic mass is 32.2. The lowest BCUT2D eigenvalue weighted by molar-refractivity contribution is -0.157. The second kappa shape index (κ2) is 12.3. The summed E-state index contributed by atoms with van der Waals surface area (Å²) >= 11 is 1.79. The summed E-state index contributed by atoms with van der Waals surface area (Å²) in [7, 11) is 2.99. The maximum Gasteiger partial charge on any atom is 0.350 e. The summed E-state index contributed by atoms with van der Waals surface area (Å²) in [6.07, 6.45) is -0.760. The number of methoxy groups -OCH3 is 1. The van der Waals surface area contributed by atoms with Crippen LogP contribution in [0.15, 0.2) is 63.3 Å². The first kappa shape index (κ1) is 24.7. The van der Waals surface area contributed by atoms with E-state index in [2.05, 4.69) is 62.3 Å². The van der Waals surface area contributed by atoms with E-state index in [4.69, 9.17) is 14.5 Å². The number of benzene rings is 2. The molecule has 8 nitrogen and oxygen atoms in total. The van der Waals surface area contributed by atoms with E-state index in [1.807, 2.05) is 6.07 Å². The molecule has 1 saturated heterocycles. The van der Waals surface area contributed by atoms with Crippen LogP contribution in [0.5, 0.6) is 0 Å². The Morgan fingerprint density at radius 3 is 2.53 bits per heavy atom. The third-order valence-electron chi connectivity index (χ3n) is 5.85. The minimum atomic E-state index is -0.760. The predicted molar refractivity (Wildman–Crippen MR) is 133 cm³/mol. The van der Waals surface area contributed by atoms with Crippen LogP contribution in [0.2, 0.25) is 0 Å². The molecule has 182 valence electrons. The number of ether oxygens (including phenoxy) is 3. The fourth-order valence-corrected chi connectivity index (χ4v) is 5.01. The lowest BCUT2D eigenvalue weighted by Crippen LogP contribution is -2.49. The van der Waals surface area contributed by atoms with Gasteiger partial charge in [0.1, 0.15) is 5.84 Å². The Morgan fingerprint density at radius 1 is 1.03 bits per heavy atom. The molecule has 0 amide bonds. The standard InChI is InChI=1S/C25H32N4O4S/c1-26-24(25(30)31-2)33-18-17-32-16-15-28-11-13-29(14-12-28)23-19-7-3-5-9-21(19)34-22-10-6-4-8-20(22)27-23/h3-10,24,26H,11-18H2,1-2H3. The van der Waals surface area contributed by atoms with E-state index in [0.29, 0.717) is 19.8 Å². The quantitative estimate of drug-likeness (QED) is 0.331. The molecular formula is C25H32N4O4S. The number of para-hydroxylation sites is 1. The van der Waals surface area contributed by atoms with Gasteiger partial charge in [0.15, 0.2) is 0 Å². The first-order chi connectivity index (χ1) is 16.7. The van der Waals surface area contributed by atoms with E-state index in [-0.39, 0.29) is 0 Å². The van der Waals surface area contributed by atoms with Gasteiger partial charge >= 0.3 is 5.97 Å². The number of hydrogen-bond donors (Lipinski definition) is 1. The van der Waals surface area contributed by atoms with E-state index in [9.17, 15) is 4.79 Å². The van der Waals surface area contributed by atoms with Crippen LogP contribution in [-0.4, -0.2) is 94.5 Å². The maximum absolute atomic E-state index is 11.5. The smallest absolute Gasteiger partial charge is 0.350 e. The van der Waals surface area contributed by atoms with Gasteiger partial charge in [-0.3, -0.25) is 10.2 Å². The van der Waals surface area contributed by atoms with E-state index >= 15 is 0 Å². The van der Waals surface area contributed by atoms with Crippen LogP contribution < -0.4 is 5.32 Å². The van der Waals surface area contributed by atoms with E-state index < -0.39 is 12.2 Å². The summed E-state index contributed by atoms with van der Waals surface area (Å²) in [5.74, 6) is 0.620. The summed E-state index contributed by atoms with van der Waals surface area (Å²) in [6.45, 7) is 6.01. The fraction of sp³-hybridized carbons (Fsp3) is 0.440. The Balaban J connectivity index is 1.26. The Hall–Kier alpha value is -2.43. The summed E-state index contributed by atoms with van der Waals surface area (Å²) < 4.78 is 15.8. The van der Waals surface area contributed by atoms with Crippen LogP contribution in [0, 0.1) is 0 Å². The van der Waals surface area contributed by atoms with E-state index in [1.54, 1.807) is 18.8 Å². The zero-order valence-electron chi connectivity index (χ0n) is 19.7. The Bertz CT molecular complexity index is 994. The van der Waals surface area contributed by atoms with Crippen molar-refractivity contribution in [2.24, 2.45) is 4.99 Å². The molecule has 0 aliphatic carbocycles. The van der Waals surface area contributed by atoms with Crippen LogP contribution in [0.3, 0.4) is 0 Å². The van der Waals surface area contributed by atoms with Gasteiger partial charge in [-0.1, -0.05) is 42.1 Å². The molecule has 2 aromatic carbocycles. The normalized spacial score (nSPS) is 16.8. The molecule has 2 heterocycles. The first-order valence-corrected chi connectivity index (χ1v) is 12.4. The topological polar surface area (TPSA) is 75.6 Å². The number of hydrogen-bond acceptors (Lipinski definition) is 9. The van der Waals surface area contributed by atoms with Crippen molar-refractivity contribution in [1.82, 2.24) is 15.1 Å². The number of likely N-dealkylation sites (N-methyl/N-ethyl adjacent to an activating group) is 1. The second-order valence-corrected chi connectivity index (χ2v) is 9.09. The van der Waals surface area contributed by atoms with Crippen molar-refractivity contribution >= 4 is 29.3 Å². The van der Waals surface area contributed by atoms with Gasteiger partial charge in [-0.15, -0.1) is 0 Å². The summed E-state index contributed by atoms with van der Waals surface area (Å²) in [5, 5.41) is 2.77. The SMILES string of the molecule is CNC(OCCOCCN1CCN(C2=Nc3ccccc3Sc3ccccc32)CC1)C(=O)OC. The van der Waals surface area contributed by atoms with Gasteiger partial charge in [0.25, 0.3) is 0 Å². The molecule has 34 heavy (non-hydrogen) atoms. The highest BCUT2D eigenvalue weighted by Crippen LogP contribution is 2.40. The molecule has 0 saturated carbocycles. The summed E-state index contributed by atoms with van der Waals surface area (Å²) in [5.41, 5.74) is 2.23. The van der Waals surface area contributed by atoms with Crippen molar-refractivity contribution in [1.29, 1.82) is 0 Å². The monoisotopic (exact) mass is 484 g/mol. The van der Waals surface area contributed by atoms with Crippen LogP contribution >= 0.6 is 11.8 Å². The number of fused-ring (bicyclic) bond motifs is 2. The van der Waals surface area contributed by atoms with Gasteiger partial charge in [-0.2, -0.15) is 0 Å². The van der Waals surface area contributed by atoms with Gasteiger partial charge in [-0.05, 0) is 25.2 Å². The van der Waals surface area contributed by atoms with Crippen LogP contribution in [0.4, 0.5) is 5.69 Å². The van der Waals surface area contributed by atoms with Gasteiger partial charge in [-0.25, -0.2) is 9.79 Å². The molecule has 9 heteroatoms. The van der Waals surface area contributed by atoms with E-state index in [1.165, 1.54) is 22.5 Å². The predicted octanol–water partition coefficient (Wildman–Crippen LogP) is 2.60. The molecule has 1 fully saturated rings. The van der Waals surface area contributed by atoms with Crippen molar-refractivity contribution in [3.8, 4) is 0 Å². The Morgan fingerprint density at radius 2 is 1.76 bits per heavy atom. The van der Waals surface area contributed by atoms with Gasteiger partial charge in [0, 0.05) is 48.1 Å². The summed E-state index contributed by atoms with van der Waals surface area (Å²) in [6, 6.07) is 16.9. The zero-order chi connectivity index (χ0) is 23.8. The van der Waals surface area contributed by atoms with Gasteiger partial charge in [0.05, 0.1) is 32.6 Å². The molecule has 1 N–H and O–H groups in total. The van der Waals surface area contributed by atoms with Gasteiger partial charge in [0.2, 0.25) is 6.23 Å². The molecule has 1 unspecified atom stereocenters. The molecule has 2 aromatic rings. The number of piperazine rings is 1. The lowest BCUT2D eigenvalue weighted by Gasteiger charge is -2.36. The Labute approximate surface area is 205 Å². The van der Waals surface area contributed by atoms with Gasteiger partial charge < -0.3 is 19.1 Å². The lowest BCUT2D eigenvalue weighted by atomic mass is 10.1. The number of nitrogens with zero attached hydrogens (tertiary/aromatic N) is 3. The molecule has 0 radical (unpaired) electrons. The number of esters is 1. The number of amidine groups is 1. The van der Waals surface area contributed by atoms with Crippen LogP contribution in [0.25, 0.3) is 0 Å². The number of carbonyl (C=O) groups is 1. The fourth-order valence-electron chi connectivity index (χ4n) is 3.99. The van der Waals surface area contributed by atoms with Crippen molar-refractivity contribution in [2.75, 3.05) is 66.7 Å². The molecule has 1 atom stereocenters. The van der Waals surface area contributed by atoms with Crippen molar-refractivity contribution in [3.05, 3.63) is 54.1 Å². The minimum Gasteiger partial charge on any atom is -0.466 e. The molecule has 0 spiro atoms. The third kappa shape index (κ3) is 6.17.